The monoisotopic (exact) mass is 601 g/mol. The Morgan fingerprint density at radius 1 is 1.07 bits per heavy atom. The van der Waals surface area contributed by atoms with Crippen molar-refractivity contribution in [2.24, 2.45) is 17.6 Å². The molecule has 0 radical (unpaired) electrons. The minimum atomic E-state index is -3.02. The maximum Gasteiger partial charge on any atom is 0.255 e. The number of fused-ring (bicyclic) bond motifs is 3. The van der Waals surface area contributed by atoms with E-state index in [0.717, 1.165) is 0 Å². The summed E-state index contributed by atoms with van der Waals surface area (Å²) >= 11 is 0. The highest BCUT2D eigenvalue weighted by Crippen LogP contribution is 2.55. The largest absolute Gasteiger partial charge is 0.508 e. The Kier molecular flexibility index (Phi) is 7.76. The maximum absolute atomic E-state index is 14.1. The van der Waals surface area contributed by atoms with E-state index in [1.54, 1.807) is 19.0 Å². The number of likely N-dealkylation sites (N-methyl/N-ethyl adjacent to an activating group) is 1. The molecule has 5 atom stereocenters. The summed E-state index contributed by atoms with van der Waals surface area (Å²) in [6, 6.07) is 0.178. The highest BCUT2D eigenvalue weighted by Gasteiger charge is 2.72. The van der Waals surface area contributed by atoms with Crippen molar-refractivity contribution < 1.29 is 44.4 Å². The number of anilines is 2. The van der Waals surface area contributed by atoms with E-state index < -0.39 is 80.9 Å². The second kappa shape index (κ2) is 10.4. The maximum atomic E-state index is 14.1. The van der Waals surface area contributed by atoms with Gasteiger partial charge in [-0.15, -0.1) is 0 Å². The summed E-state index contributed by atoms with van der Waals surface area (Å²) in [6.45, 7) is 5.46. The molecule has 14 nitrogen and oxygen atoms in total. The molecule has 4 rings (SSSR count). The molecule has 1 aromatic rings. The van der Waals surface area contributed by atoms with E-state index in [0.29, 0.717) is 5.69 Å². The summed E-state index contributed by atoms with van der Waals surface area (Å²) in [5, 5.41) is 51.5. The number of Topliss-reactive ketones (excluding diaryl/α,β-unsaturated/α-hetero) is 3. The topological polar surface area (TPSA) is 223 Å². The van der Waals surface area contributed by atoms with Gasteiger partial charge >= 0.3 is 0 Å². The van der Waals surface area contributed by atoms with Gasteiger partial charge in [-0.1, -0.05) is 0 Å². The molecule has 8 N–H and O–H groups in total. The van der Waals surface area contributed by atoms with Gasteiger partial charge in [0.2, 0.25) is 17.5 Å². The molecular weight excluding hydrogens is 562 g/mol. The molecular formula is C29H39N5O9. The van der Waals surface area contributed by atoms with Crippen LogP contribution in [0.4, 0.5) is 11.4 Å². The molecule has 0 aromatic heterocycles. The molecule has 0 unspecified atom stereocenters. The number of benzene rings is 1. The molecule has 0 spiro atoms. The third kappa shape index (κ3) is 4.78. The zero-order valence-corrected chi connectivity index (χ0v) is 25.2. The van der Waals surface area contributed by atoms with Gasteiger partial charge in [0.25, 0.3) is 5.91 Å². The van der Waals surface area contributed by atoms with Crippen LogP contribution in [0.25, 0.3) is 0 Å². The van der Waals surface area contributed by atoms with E-state index in [1.165, 1.54) is 25.1 Å². The lowest BCUT2D eigenvalue weighted by molar-refractivity contribution is -0.182. The lowest BCUT2D eigenvalue weighted by Crippen LogP contribution is -2.74. The molecule has 0 aliphatic heterocycles. The zero-order valence-electron chi connectivity index (χ0n) is 25.2. The van der Waals surface area contributed by atoms with Gasteiger partial charge in [0, 0.05) is 37.2 Å². The van der Waals surface area contributed by atoms with Crippen LogP contribution in [0.3, 0.4) is 0 Å². The molecule has 234 valence electrons. The lowest BCUT2D eigenvalue weighted by atomic mass is 9.52. The predicted molar refractivity (Wildman–Crippen MR) is 155 cm³/mol. The molecule has 0 saturated heterocycles. The molecule has 1 saturated carbocycles. The number of aliphatic hydroxyl groups is 3. The van der Waals surface area contributed by atoms with E-state index in [1.807, 2.05) is 20.8 Å². The average molecular weight is 602 g/mol. The Hall–Kier alpha value is -3.85. The van der Waals surface area contributed by atoms with Crippen LogP contribution in [0, 0.1) is 11.8 Å². The van der Waals surface area contributed by atoms with E-state index >= 15 is 0 Å². The first-order valence-corrected chi connectivity index (χ1v) is 13.8. The number of phenolic OH excluding ortho intramolecular Hbond substituents is 1. The molecule has 14 heteroatoms. The zero-order chi connectivity index (χ0) is 32.6. The van der Waals surface area contributed by atoms with Gasteiger partial charge in [-0.3, -0.25) is 28.9 Å². The number of phenols is 1. The van der Waals surface area contributed by atoms with Crippen LogP contribution in [-0.4, -0.2) is 112 Å². The second-order valence-corrected chi connectivity index (χ2v) is 13.0. The number of nitrogens with zero attached hydrogens (tertiary/aromatic N) is 2. The number of hydrogen-bond acceptors (Lipinski definition) is 12. The SMILES string of the molecule is CN(C)c1cc(NC(=O)CNC(C)(C)C)c(O)c2c1C[C@H]1C[C@H]3[C@H](N(C)C)C(=O)C(C(N)=O)=C(O)[C@@]3(O)C(=O)[C@@]1(O)C2=O. The minimum Gasteiger partial charge on any atom is -0.508 e. The number of nitrogens with two attached hydrogens (primary N) is 1. The third-order valence-electron chi connectivity index (χ3n) is 8.60. The van der Waals surface area contributed by atoms with E-state index in [2.05, 4.69) is 10.6 Å². The quantitative estimate of drug-likeness (QED) is 0.119. The van der Waals surface area contributed by atoms with Gasteiger partial charge in [0.05, 0.1) is 23.8 Å². The Balaban J connectivity index is 1.89. The third-order valence-corrected chi connectivity index (χ3v) is 8.60. The summed E-state index contributed by atoms with van der Waals surface area (Å²) in [7, 11) is 6.30. The van der Waals surface area contributed by atoms with E-state index in [-0.39, 0.29) is 36.2 Å². The van der Waals surface area contributed by atoms with Crippen LogP contribution in [0.1, 0.15) is 43.1 Å². The van der Waals surface area contributed by atoms with Crippen molar-refractivity contribution >= 4 is 40.5 Å². The number of nitrogens with one attached hydrogen (secondary N) is 2. The predicted octanol–water partition coefficient (Wildman–Crippen LogP) is -0.999. The molecule has 1 fully saturated rings. The smallest absolute Gasteiger partial charge is 0.255 e. The van der Waals surface area contributed by atoms with Gasteiger partial charge in [-0.2, -0.15) is 0 Å². The molecule has 43 heavy (non-hydrogen) atoms. The summed E-state index contributed by atoms with van der Waals surface area (Å²) in [4.78, 5) is 69.4. The van der Waals surface area contributed by atoms with Gasteiger partial charge in [0.15, 0.2) is 17.0 Å². The fraction of sp³-hybridized carbons (Fsp3) is 0.552. The van der Waals surface area contributed by atoms with Crippen LogP contribution in [0.5, 0.6) is 5.75 Å². The van der Waals surface area contributed by atoms with Crippen molar-refractivity contribution in [3.8, 4) is 5.75 Å². The number of aromatic hydroxyl groups is 1. The number of carbonyl (C=O) groups excluding carboxylic acids is 5. The number of amides is 2. The van der Waals surface area contributed by atoms with Crippen LogP contribution >= 0.6 is 0 Å². The normalized spacial score (nSPS) is 28.8. The van der Waals surface area contributed by atoms with Crippen LogP contribution in [0.15, 0.2) is 17.4 Å². The number of carbonyl (C=O) groups is 5. The van der Waals surface area contributed by atoms with Crippen LogP contribution in [0.2, 0.25) is 0 Å². The summed E-state index contributed by atoms with van der Waals surface area (Å²) < 4.78 is 0. The first kappa shape index (κ1) is 32.1. The first-order valence-electron chi connectivity index (χ1n) is 13.8. The molecule has 3 aliphatic rings. The molecule has 3 aliphatic carbocycles. The first-order chi connectivity index (χ1) is 19.7. The Labute approximate surface area is 248 Å². The van der Waals surface area contributed by atoms with Crippen molar-refractivity contribution in [2.75, 3.05) is 45.0 Å². The number of primary amides is 1. The molecule has 0 bridgehead atoms. The standard InChI is InChI=1S/C29H39N5O9/c1-27(2,3)31-11-17(35)32-15-10-16(33(4)5)13-8-12-9-14-20(34(6)7)22(37)19(25(30)40)24(39)29(14,43)26(41)28(12,42)23(38)18(13)21(15)36/h10,12,14,20,31,36,39,42-43H,8-9,11H2,1-7H3,(H2,30,40)(H,32,35)/t12-,14-,20-,28-,29+/m0/s1. The van der Waals surface area contributed by atoms with Gasteiger partial charge < -0.3 is 41.7 Å². The van der Waals surface area contributed by atoms with Crippen molar-refractivity contribution in [3.63, 3.8) is 0 Å². The van der Waals surface area contributed by atoms with Crippen molar-refractivity contribution in [1.82, 2.24) is 10.2 Å². The Morgan fingerprint density at radius 2 is 1.67 bits per heavy atom. The van der Waals surface area contributed by atoms with E-state index in [9.17, 15) is 44.4 Å². The Bertz CT molecular complexity index is 1480. The van der Waals surface area contributed by atoms with Gasteiger partial charge in [-0.05, 0) is 59.3 Å². The fourth-order valence-electron chi connectivity index (χ4n) is 6.54. The lowest BCUT2D eigenvalue weighted by Gasteiger charge is -2.54. The van der Waals surface area contributed by atoms with Crippen molar-refractivity contribution in [2.45, 2.75) is 56.4 Å². The van der Waals surface area contributed by atoms with Crippen molar-refractivity contribution in [1.29, 1.82) is 0 Å². The van der Waals surface area contributed by atoms with Gasteiger partial charge in [0.1, 0.15) is 17.1 Å². The average Bonchev–Trinajstić information content (AvgIpc) is 2.88. The number of hydrogen-bond donors (Lipinski definition) is 7. The Morgan fingerprint density at radius 3 is 2.19 bits per heavy atom. The number of ketones is 3. The van der Waals surface area contributed by atoms with Crippen molar-refractivity contribution in [3.05, 3.63) is 28.5 Å². The van der Waals surface area contributed by atoms with Gasteiger partial charge in [-0.25, -0.2) is 0 Å². The highest BCUT2D eigenvalue weighted by molar-refractivity contribution is 6.27. The fourth-order valence-corrected chi connectivity index (χ4v) is 6.54. The summed E-state index contributed by atoms with van der Waals surface area (Å²) in [5.74, 6) is -10.2. The minimum absolute atomic E-state index is 0.121. The summed E-state index contributed by atoms with van der Waals surface area (Å²) in [6.07, 6.45) is -0.433. The number of rotatable bonds is 6. The number of aliphatic hydroxyl groups excluding tert-OH is 1. The molecule has 1 aromatic carbocycles. The van der Waals surface area contributed by atoms with Crippen LogP contribution < -0.4 is 21.3 Å². The summed E-state index contributed by atoms with van der Waals surface area (Å²) in [5.41, 5.74) is -1.92. The van der Waals surface area contributed by atoms with Crippen LogP contribution in [-0.2, 0) is 25.6 Å². The molecule has 2 amide bonds. The molecule has 0 heterocycles. The van der Waals surface area contributed by atoms with E-state index in [4.69, 9.17) is 5.73 Å². The highest BCUT2D eigenvalue weighted by atomic mass is 16.4. The second-order valence-electron chi connectivity index (χ2n) is 13.0.